The molecule has 1 aromatic rings. The zero-order chi connectivity index (χ0) is 15.3. The maximum absolute atomic E-state index is 12.6. The monoisotopic (exact) mass is 311 g/mol. The fourth-order valence-corrected chi connectivity index (χ4v) is 4.24. The molecule has 1 aliphatic carbocycles. The molecule has 2 unspecified atom stereocenters. The fourth-order valence-electron chi connectivity index (χ4n) is 2.75. The summed E-state index contributed by atoms with van der Waals surface area (Å²) in [6.07, 6.45) is 6.71. The Morgan fingerprint density at radius 2 is 2.10 bits per heavy atom. The van der Waals surface area contributed by atoms with Crippen molar-refractivity contribution in [2.75, 3.05) is 11.9 Å². The lowest BCUT2D eigenvalue weighted by Gasteiger charge is -2.29. The Hall–Kier alpha value is -1.14. The average Bonchev–Trinajstić information content (AvgIpc) is 2.47. The first-order valence-corrected chi connectivity index (χ1v) is 9.24. The number of sulfonamides is 1. The standard InChI is InChI=1S/C15H25N3O2S/c1-3-10-16-14-9-6-11-17-15(14)21(19,20)18-13-8-5-4-7-12(13)2/h6,9,11-13,16,18H,3-5,7-8,10H2,1-2H3. The molecular formula is C15H25N3O2S. The van der Waals surface area contributed by atoms with Gasteiger partial charge in [0.2, 0.25) is 0 Å². The Morgan fingerprint density at radius 3 is 2.81 bits per heavy atom. The molecule has 1 aromatic heterocycles. The van der Waals surface area contributed by atoms with E-state index in [1.54, 1.807) is 12.1 Å². The van der Waals surface area contributed by atoms with Crippen LogP contribution in [-0.4, -0.2) is 26.0 Å². The van der Waals surface area contributed by atoms with Crippen LogP contribution in [0.25, 0.3) is 0 Å². The topological polar surface area (TPSA) is 71.1 Å². The van der Waals surface area contributed by atoms with Gasteiger partial charge in [-0.3, -0.25) is 0 Å². The van der Waals surface area contributed by atoms with E-state index in [-0.39, 0.29) is 11.1 Å². The van der Waals surface area contributed by atoms with Crippen molar-refractivity contribution in [1.82, 2.24) is 9.71 Å². The molecule has 1 heterocycles. The van der Waals surface area contributed by atoms with Crippen molar-refractivity contribution in [2.24, 2.45) is 5.92 Å². The maximum atomic E-state index is 12.6. The van der Waals surface area contributed by atoms with Crippen molar-refractivity contribution in [3.05, 3.63) is 18.3 Å². The first-order valence-electron chi connectivity index (χ1n) is 7.76. The lowest BCUT2D eigenvalue weighted by atomic mass is 9.87. The van der Waals surface area contributed by atoms with Gasteiger partial charge >= 0.3 is 0 Å². The van der Waals surface area contributed by atoms with Gasteiger partial charge in [-0.25, -0.2) is 18.1 Å². The molecule has 5 nitrogen and oxygen atoms in total. The predicted molar refractivity (Wildman–Crippen MR) is 84.8 cm³/mol. The molecular weight excluding hydrogens is 286 g/mol. The Labute approximate surface area is 127 Å². The second kappa shape index (κ2) is 7.22. The van der Waals surface area contributed by atoms with Crippen molar-refractivity contribution >= 4 is 15.7 Å². The van der Waals surface area contributed by atoms with Crippen LogP contribution < -0.4 is 10.0 Å². The molecule has 2 N–H and O–H groups in total. The number of pyridine rings is 1. The van der Waals surface area contributed by atoms with Crippen LogP contribution in [0.15, 0.2) is 23.4 Å². The normalized spacial score (nSPS) is 23.0. The van der Waals surface area contributed by atoms with Gasteiger partial charge in [0, 0.05) is 18.8 Å². The highest BCUT2D eigenvalue weighted by Gasteiger charge is 2.28. The first kappa shape index (κ1) is 16.2. The molecule has 1 fully saturated rings. The fraction of sp³-hybridized carbons (Fsp3) is 0.667. The third kappa shape index (κ3) is 4.17. The largest absolute Gasteiger partial charge is 0.383 e. The molecule has 1 aliphatic rings. The van der Waals surface area contributed by atoms with Crippen LogP contribution in [0, 0.1) is 5.92 Å². The van der Waals surface area contributed by atoms with E-state index in [9.17, 15) is 8.42 Å². The van der Waals surface area contributed by atoms with E-state index < -0.39 is 10.0 Å². The van der Waals surface area contributed by atoms with Crippen LogP contribution >= 0.6 is 0 Å². The molecule has 0 aliphatic heterocycles. The van der Waals surface area contributed by atoms with Gasteiger partial charge in [-0.15, -0.1) is 0 Å². The average molecular weight is 311 g/mol. The van der Waals surface area contributed by atoms with Crippen molar-refractivity contribution in [2.45, 2.75) is 57.0 Å². The molecule has 0 saturated heterocycles. The van der Waals surface area contributed by atoms with Crippen LogP contribution in [-0.2, 0) is 10.0 Å². The molecule has 118 valence electrons. The summed E-state index contributed by atoms with van der Waals surface area (Å²) < 4.78 is 28.1. The number of aromatic nitrogens is 1. The smallest absolute Gasteiger partial charge is 0.260 e. The minimum atomic E-state index is -3.58. The zero-order valence-corrected chi connectivity index (χ0v) is 13.6. The van der Waals surface area contributed by atoms with Gasteiger partial charge in [0.25, 0.3) is 10.0 Å². The number of rotatable bonds is 6. The Balaban J connectivity index is 2.18. The number of anilines is 1. The Morgan fingerprint density at radius 1 is 1.33 bits per heavy atom. The summed E-state index contributed by atoms with van der Waals surface area (Å²) in [5.74, 6) is 0.379. The minimum Gasteiger partial charge on any atom is -0.383 e. The molecule has 21 heavy (non-hydrogen) atoms. The summed E-state index contributed by atoms with van der Waals surface area (Å²) in [5, 5.41) is 3.24. The second-order valence-electron chi connectivity index (χ2n) is 5.77. The van der Waals surface area contributed by atoms with Gasteiger partial charge < -0.3 is 5.32 Å². The number of nitrogens with one attached hydrogen (secondary N) is 2. The molecule has 0 radical (unpaired) electrons. The molecule has 0 aromatic carbocycles. The Kier molecular flexibility index (Phi) is 5.58. The molecule has 2 rings (SSSR count). The number of hydrogen-bond acceptors (Lipinski definition) is 4. The van der Waals surface area contributed by atoms with E-state index in [1.807, 2.05) is 6.92 Å². The van der Waals surface area contributed by atoms with E-state index in [1.165, 1.54) is 12.6 Å². The van der Waals surface area contributed by atoms with Crippen LogP contribution in [0.3, 0.4) is 0 Å². The van der Waals surface area contributed by atoms with Crippen molar-refractivity contribution in [3.63, 3.8) is 0 Å². The van der Waals surface area contributed by atoms with Gasteiger partial charge in [0.15, 0.2) is 5.03 Å². The number of nitrogens with zero attached hydrogens (tertiary/aromatic N) is 1. The maximum Gasteiger partial charge on any atom is 0.260 e. The van der Waals surface area contributed by atoms with Crippen LogP contribution in [0.2, 0.25) is 0 Å². The molecule has 6 heteroatoms. The van der Waals surface area contributed by atoms with Crippen LogP contribution in [0.5, 0.6) is 0 Å². The van der Waals surface area contributed by atoms with Gasteiger partial charge in [-0.1, -0.05) is 26.7 Å². The van der Waals surface area contributed by atoms with Crippen molar-refractivity contribution in [1.29, 1.82) is 0 Å². The van der Waals surface area contributed by atoms with Crippen LogP contribution in [0.4, 0.5) is 5.69 Å². The second-order valence-corrected chi connectivity index (χ2v) is 7.40. The summed E-state index contributed by atoms with van der Waals surface area (Å²) in [6.45, 7) is 4.88. The molecule has 2 atom stereocenters. The predicted octanol–water partition coefficient (Wildman–Crippen LogP) is 2.76. The Bertz CT molecular complexity index is 560. The van der Waals surface area contributed by atoms with Gasteiger partial charge in [-0.05, 0) is 37.3 Å². The molecule has 0 spiro atoms. The van der Waals surface area contributed by atoms with Crippen molar-refractivity contribution < 1.29 is 8.42 Å². The zero-order valence-electron chi connectivity index (χ0n) is 12.8. The van der Waals surface area contributed by atoms with E-state index in [4.69, 9.17) is 0 Å². The van der Waals surface area contributed by atoms with Gasteiger partial charge in [0.1, 0.15) is 0 Å². The molecule has 0 amide bonds. The highest BCUT2D eigenvalue weighted by atomic mass is 32.2. The molecule has 1 saturated carbocycles. The van der Waals surface area contributed by atoms with E-state index in [0.29, 0.717) is 11.6 Å². The number of hydrogen-bond donors (Lipinski definition) is 2. The highest BCUT2D eigenvalue weighted by molar-refractivity contribution is 7.89. The first-order chi connectivity index (χ1) is 10.0. The lowest BCUT2D eigenvalue weighted by Crippen LogP contribution is -2.41. The van der Waals surface area contributed by atoms with E-state index in [2.05, 4.69) is 21.9 Å². The summed E-state index contributed by atoms with van der Waals surface area (Å²) in [4.78, 5) is 4.08. The van der Waals surface area contributed by atoms with Gasteiger partial charge in [-0.2, -0.15) is 0 Å². The van der Waals surface area contributed by atoms with Gasteiger partial charge in [0.05, 0.1) is 5.69 Å². The summed E-state index contributed by atoms with van der Waals surface area (Å²) in [5.41, 5.74) is 0.579. The quantitative estimate of drug-likeness (QED) is 0.847. The third-order valence-electron chi connectivity index (χ3n) is 4.01. The summed E-state index contributed by atoms with van der Waals surface area (Å²) in [7, 11) is -3.58. The van der Waals surface area contributed by atoms with Crippen molar-refractivity contribution in [3.8, 4) is 0 Å². The summed E-state index contributed by atoms with van der Waals surface area (Å²) in [6, 6.07) is 3.53. The van der Waals surface area contributed by atoms with E-state index >= 15 is 0 Å². The summed E-state index contributed by atoms with van der Waals surface area (Å²) >= 11 is 0. The SMILES string of the molecule is CCCNc1cccnc1S(=O)(=O)NC1CCCCC1C. The lowest BCUT2D eigenvalue weighted by molar-refractivity contribution is 0.310. The molecule has 0 bridgehead atoms. The minimum absolute atomic E-state index is 0.0183. The third-order valence-corrected chi connectivity index (χ3v) is 5.46. The highest BCUT2D eigenvalue weighted by Crippen LogP contribution is 2.26. The van der Waals surface area contributed by atoms with Crippen LogP contribution in [0.1, 0.15) is 46.0 Å². The van der Waals surface area contributed by atoms with E-state index in [0.717, 1.165) is 32.2 Å².